The smallest absolute Gasteiger partial charge is 0.263 e. The monoisotopic (exact) mass is 273 g/mol. The van der Waals surface area contributed by atoms with Gasteiger partial charge in [-0.15, -0.1) is 0 Å². The molecule has 2 aromatic rings. The van der Waals surface area contributed by atoms with Crippen LogP contribution in [0.15, 0.2) is 22.8 Å². The minimum atomic E-state index is -2.51. The Kier molecular flexibility index (Phi) is 2.52. The molecule has 0 unspecified atom stereocenters. The summed E-state index contributed by atoms with van der Waals surface area (Å²) >= 11 is 3.17. The standard InChI is InChI=1S/C9H6BrF2N3/c10-6-2-4(8(11)12)1-5-3-14-9(13)15-7(5)6/h1-3,8H,(H2,13,14,15). The van der Waals surface area contributed by atoms with Gasteiger partial charge in [0, 0.05) is 21.6 Å². The molecule has 2 rings (SSSR count). The summed E-state index contributed by atoms with van der Waals surface area (Å²) < 4.78 is 25.4. The van der Waals surface area contributed by atoms with E-state index in [4.69, 9.17) is 5.73 Å². The predicted molar refractivity (Wildman–Crippen MR) is 56.6 cm³/mol. The van der Waals surface area contributed by atoms with Crippen molar-refractivity contribution < 1.29 is 8.78 Å². The number of aromatic nitrogens is 2. The van der Waals surface area contributed by atoms with Crippen LogP contribution in [0.2, 0.25) is 0 Å². The van der Waals surface area contributed by atoms with Gasteiger partial charge in [-0.1, -0.05) is 0 Å². The highest BCUT2D eigenvalue weighted by Crippen LogP contribution is 2.29. The van der Waals surface area contributed by atoms with Crippen LogP contribution in [0.3, 0.4) is 0 Å². The van der Waals surface area contributed by atoms with E-state index in [9.17, 15) is 8.78 Å². The van der Waals surface area contributed by atoms with Crippen molar-refractivity contribution in [3.05, 3.63) is 28.4 Å². The van der Waals surface area contributed by atoms with Crippen molar-refractivity contribution in [1.29, 1.82) is 0 Å². The summed E-state index contributed by atoms with van der Waals surface area (Å²) in [5.74, 6) is 0.119. The molecule has 0 aliphatic carbocycles. The fourth-order valence-electron chi connectivity index (χ4n) is 1.26. The average molecular weight is 274 g/mol. The maximum absolute atomic E-state index is 12.5. The SMILES string of the molecule is Nc1ncc2cc(C(F)F)cc(Br)c2n1. The lowest BCUT2D eigenvalue weighted by Crippen LogP contribution is -1.95. The molecule has 0 fully saturated rings. The number of nitrogens with two attached hydrogens (primary N) is 1. The molecule has 1 aromatic heterocycles. The van der Waals surface area contributed by atoms with E-state index in [1.165, 1.54) is 18.3 Å². The first-order valence-electron chi connectivity index (χ1n) is 4.08. The van der Waals surface area contributed by atoms with Crippen LogP contribution in [0, 0.1) is 0 Å². The van der Waals surface area contributed by atoms with E-state index >= 15 is 0 Å². The van der Waals surface area contributed by atoms with Crippen LogP contribution in [0.4, 0.5) is 14.7 Å². The van der Waals surface area contributed by atoms with Crippen molar-refractivity contribution in [2.75, 3.05) is 5.73 Å². The highest BCUT2D eigenvalue weighted by atomic mass is 79.9. The van der Waals surface area contributed by atoms with Gasteiger partial charge in [-0.3, -0.25) is 0 Å². The van der Waals surface area contributed by atoms with Crippen LogP contribution in [-0.2, 0) is 0 Å². The summed E-state index contributed by atoms with van der Waals surface area (Å²) in [6.07, 6.45) is -1.09. The summed E-state index contributed by atoms with van der Waals surface area (Å²) in [7, 11) is 0. The molecule has 1 heterocycles. The lowest BCUT2D eigenvalue weighted by atomic mass is 10.1. The zero-order valence-corrected chi connectivity index (χ0v) is 9.00. The van der Waals surface area contributed by atoms with E-state index in [0.717, 1.165) is 0 Å². The van der Waals surface area contributed by atoms with E-state index in [-0.39, 0.29) is 11.5 Å². The zero-order valence-electron chi connectivity index (χ0n) is 7.42. The van der Waals surface area contributed by atoms with Crippen molar-refractivity contribution in [3.63, 3.8) is 0 Å². The van der Waals surface area contributed by atoms with Gasteiger partial charge in [0.25, 0.3) is 6.43 Å². The molecule has 15 heavy (non-hydrogen) atoms. The van der Waals surface area contributed by atoms with Crippen LogP contribution in [0.5, 0.6) is 0 Å². The van der Waals surface area contributed by atoms with Gasteiger partial charge in [0.15, 0.2) is 0 Å². The number of alkyl halides is 2. The fourth-order valence-corrected chi connectivity index (χ4v) is 1.85. The number of nitrogens with zero attached hydrogens (tertiary/aromatic N) is 2. The predicted octanol–water partition coefficient (Wildman–Crippen LogP) is 2.91. The number of hydrogen-bond acceptors (Lipinski definition) is 3. The van der Waals surface area contributed by atoms with E-state index < -0.39 is 6.43 Å². The number of rotatable bonds is 1. The highest BCUT2D eigenvalue weighted by molar-refractivity contribution is 9.10. The summed E-state index contributed by atoms with van der Waals surface area (Å²) in [6, 6.07) is 2.68. The normalized spacial score (nSPS) is 11.2. The van der Waals surface area contributed by atoms with Crippen molar-refractivity contribution in [1.82, 2.24) is 9.97 Å². The second kappa shape index (κ2) is 3.69. The van der Waals surface area contributed by atoms with Gasteiger partial charge >= 0.3 is 0 Å². The minimum absolute atomic E-state index is 0.0669. The molecule has 2 N–H and O–H groups in total. The van der Waals surface area contributed by atoms with Gasteiger partial charge in [0.1, 0.15) is 0 Å². The second-order valence-electron chi connectivity index (χ2n) is 2.97. The lowest BCUT2D eigenvalue weighted by Gasteiger charge is -2.04. The van der Waals surface area contributed by atoms with Gasteiger partial charge in [-0.25, -0.2) is 18.7 Å². The van der Waals surface area contributed by atoms with Crippen LogP contribution in [0.25, 0.3) is 10.9 Å². The molecular weight excluding hydrogens is 268 g/mol. The van der Waals surface area contributed by atoms with Gasteiger partial charge in [0.2, 0.25) is 5.95 Å². The van der Waals surface area contributed by atoms with Crippen molar-refractivity contribution in [2.24, 2.45) is 0 Å². The number of benzene rings is 1. The molecule has 0 radical (unpaired) electrons. The Balaban J connectivity index is 2.73. The Morgan fingerprint density at radius 2 is 2.07 bits per heavy atom. The zero-order chi connectivity index (χ0) is 11.0. The van der Waals surface area contributed by atoms with E-state index in [0.29, 0.717) is 15.4 Å². The Hall–Kier alpha value is -1.30. The largest absolute Gasteiger partial charge is 0.368 e. The lowest BCUT2D eigenvalue weighted by molar-refractivity contribution is 0.151. The number of halogens is 3. The molecule has 0 aliphatic heterocycles. The molecule has 1 aromatic carbocycles. The number of anilines is 1. The highest BCUT2D eigenvalue weighted by Gasteiger charge is 2.11. The molecule has 0 spiro atoms. The Labute approximate surface area is 92.5 Å². The molecule has 0 aliphatic rings. The maximum Gasteiger partial charge on any atom is 0.263 e. The van der Waals surface area contributed by atoms with Crippen molar-refractivity contribution in [3.8, 4) is 0 Å². The number of nitrogen functional groups attached to an aromatic ring is 1. The van der Waals surface area contributed by atoms with Crippen molar-refractivity contribution >= 4 is 32.8 Å². The first kappa shape index (κ1) is 10.2. The molecule has 0 bridgehead atoms. The van der Waals surface area contributed by atoms with E-state index in [2.05, 4.69) is 25.9 Å². The second-order valence-corrected chi connectivity index (χ2v) is 3.82. The van der Waals surface area contributed by atoms with Crippen LogP contribution in [0.1, 0.15) is 12.0 Å². The fraction of sp³-hybridized carbons (Fsp3) is 0.111. The average Bonchev–Trinajstić information content (AvgIpc) is 2.18. The van der Waals surface area contributed by atoms with Gasteiger partial charge in [0.05, 0.1) is 5.52 Å². The van der Waals surface area contributed by atoms with Crippen LogP contribution < -0.4 is 5.73 Å². The molecule has 0 saturated heterocycles. The van der Waals surface area contributed by atoms with Gasteiger partial charge < -0.3 is 5.73 Å². The molecule has 78 valence electrons. The van der Waals surface area contributed by atoms with Crippen LogP contribution >= 0.6 is 15.9 Å². The third kappa shape index (κ3) is 1.90. The molecule has 0 amide bonds. The quantitative estimate of drug-likeness (QED) is 0.869. The van der Waals surface area contributed by atoms with Crippen LogP contribution in [-0.4, -0.2) is 9.97 Å². The van der Waals surface area contributed by atoms with Gasteiger partial charge in [-0.05, 0) is 28.1 Å². The molecule has 0 saturated carbocycles. The summed E-state index contributed by atoms with van der Waals surface area (Å²) in [5, 5.41) is 0.536. The van der Waals surface area contributed by atoms with Crippen molar-refractivity contribution in [2.45, 2.75) is 6.43 Å². The number of fused-ring (bicyclic) bond motifs is 1. The first-order valence-corrected chi connectivity index (χ1v) is 4.87. The summed E-state index contributed by atoms with van der Waals surface area (Å²) in [5.41, 5.74) is 5.87. The maximum atomic E-state index is 12.5. The van der Waals surface area contributed by atoms with Gasteiger partial charge in [-0.2, -0.15) is 0 Å². The third-order valence-corrected chi connectivity index (χ3v) is 2.53. The molecule has 0 atom stereocenters. The third-order valence-electron chi connectivity index (χ3n) is 1.93. The Bertz CT molecular complexity index is 516. The Morgan fingerprint density at radius 1 is 1.33 bits per heavy atom. The Morgan fingerprint density at radius 3 is 2.73 bits per heavy atom. The van der Waals surface area contributed by atoms with E-state index in [1.54, 1.807) is 0 Å². The minimum Gasteiger partial charge on any atom is -0.368 e. The topological polar surface area (TPSA) is 51.8 Å². The summed E-state index contributed by atoms with van der Waals surface area (Å²) in [6.45, 7) is 0. The summed E-state index contributed by atoms with van der Waals surface area (Å²) in [4.78, 5) is 7.70. The molecule has 3 nitrogen and oxygen atoms in total. The first-order chi connectivity index (χ1) is 7.08. The van der Waals surface area contributed by atoms with E-state index in [1.807, 2.05) is 0 Å². The number of hydrogen-bond donors (Lipinski definition) is 1. The molecule has 6 heteroatoms. The molecular formula is C9H6BrF2N3.